The smallest absolute Gasteiger partial charge is 0.338 e. The minimum absolute atomic E-state index is 0.308. The first-order valence-electron chi connectivity index (χ1n) is 9.94. The molecule has 10 heteroatoms. The van der Waals surface area contributed by atoms with E-state index in [1.54, 1.807) is 30.6 Å². The number of nitrogens with zero attached hydrogens (tertiary/aromatic N) is 4. The van der Waals surface area contributed by atoms with Gasteiger partial charge in [0.05, 0.1) is 18.7 Å². The Kier molecular flexibility index (Phi) is 6.08. The van der Waals surface area contributed by atoms with Crippen LogP contribution in [0.3, 0.4) is 0 Å². The van der Waals surface area contributed by atoms with Crippen molar-refractivity contribution in [2.24, 2.45) is 0 Å². The molecule has 1 aromatic heterocycles. The number of hydrogen-bond acceptors (Lipinski definition) is 7. The van der Waals surface area contributed by atoms with Crippen LogP contribution in [-0.4, -0.2) is 66.7 Å². The quantitative estimate of drug-likeness (QED) is 0.694. The van der Waals surface area contributed by atoms with E-state index in [1.165, 1.54) is 19.2 Å². The lowest BCUT2D eigenvalue weighted by molar-refractivity contribution is -0.136. The summed E-state index contributed by atoms with van der Waals surface area (Å²) >= 11 is 0. The molecule has 1 atom stereocenters. The van der Waals surface area contributed by atoms with Gasteiger partial charge in [0.1, 0.15) is 5.82 Å². The van der Waals surface area contributed by atoms with E-state index in [1.807, 2.05) is 0 Å². The Bertz CT molecular complexity index is 974. The summed E-state index contributed by atoms with van der Waals surface area (Å²) in [5.74, 6) is -0.260. The van der Waals surface area contributed by atoms with E-state index in [4.69, 9.17) is 4.74 Å². The number of carbonyl (C=O) groups is 2. The van der Waals surface area contributed by atoms with E-state index in [2.05, 4.69) is 30.4 Å². The molecule has 0 spiro atoms. The van der Waals surface area contributed by atoms with Gasteiger partial charge in [-0.1, -0.05) is 12.1 Å². The van der Waals surface area contributed by atoms with Gasteiger partial charge in [-0.25, -0.2) is 23.9 Å². The Morgan fingerprint density at radius 1 is 1.16 bits per heavy atom. The van der Waals surface area contributed by atoms with Crippen LogP contribution in [0.15, 0.2) is 54.0 Å². The number of methoxy groups -OCH3 is 1. The van der Waals surface area contributed by atoms with Crippen molar-refractivity contribution in [2.75, 3.05) is 44.7 Å². The highest BCUT2D eigenvalue weighted by molar-refractivity contribution is 5.95. The molecule has 1 fully saturated rings. The van der Waals surface area contributed by atoms with Gasteiger partial charge in [-0.3, -0.25) is 4.90 Å². The lowest BCUT2D eigenvalue weighted by Crippen LogP contribution is -2.52. The van der Waals surface area contributed by atoms with E-state index in [0.29, 0.717) is 42.4 Å². The second-order valence-corrected chi connectivity index (χ2v) is 7.28. The summed E-state index contributed by atoms with van der Waals surface area (Å²) in [6, 6.07) is 6.31. The number of carbonyl (C=O) groups excluding carboxylic acids is 2. The number of anilines is 1. The van der Waals surface area contributed by atoms with Gasteiger partial charge in [0.15, 0.2) is 0 Å². The Morgan fingerprint density at radius 2 is 1.84 bits per heavy atom. The molecule has 2 N–H and O–H groups in total. The Hall–Kier alpha value is -3.53. The average Bonchev–Trinajstić information content (AvgIpc) is 2.80. The molecule has 0 radical (unpaired) electrons. The number of esters is 1. The lowest BCUT2D eigenvalue weighted by Gasteiger charge is -2.37. The van der Waals surface area contributed by atoms with Gasteiger partial charge in [0, 0.05) is 50.8 Å². The average molecular weight is 426 g/mol. The summed E-state index contributed by atoms with van der Waals surface area (Å²) in [5, 5.41) is 5.50. The summed E-state index contributed by atoms with van der Waals surface area (Å²) < 4.78 is 18.4. The van der Waals surface area contributed by atoms with Crippen molar-refractivity contribution in [3.63, 3.8) is 0 Å². The van der Waals surface area contributed by atoms with Gasteiger partial charge in [-0.2, -0.15) is 0 Å². The van der Waals surface area contributed by atoms with E-state index in [-0.39, 0.29) is 0 Å². The third-order valence-corrected chi connectivity index (χ3v) is 5.35. The fourth-order valence-corrected chi connectivity index (χ4v) is 3.78. The summed E-state index contributed by atoms with van der Waals surface area (Å²) in [6.45, 7) is 3.23. The highest BCUT2D eigenvalue weighted by atomic mass is 19.1. The van der Waals surface area contributed by atoms with Crippen LogP contribution in [0.4, 0.5) is 15.1 Å². The zero-order valence-corrected chi connectivity index (χ0v) is 17.0. The highest BCUT2D eigenvalue weighted by Gasteiger charge is 2.34. The van der Waals surface area contributed by atoms with Crippen molar-refractivity contribution in [1.82, 2.24) is 25.5 Å². The molecular formula is C21H23FN6O3. The standard InChI is InChI=1S/C21H23FN6O3/c1-31-19(29)17-16(25-21(30)26-18(17)14-3-5-15(22)6-4-14)13-27-9-11-28(12-10-27)20-23-7-2-8-24-20/h2-8,18H,9-13H2,1H3,(H2,25,26,30)/t18-/m0/s1. The van der Waals surface area contributed by atoms with Gasteiger partial charge in [-0.15, -0.1) is 0 Å². The predicted octanol–water partition coefficient (Wildman–Crippen LogP) is 1.22. The molecule has 31 heavy (non-hydrogen) atoms. The zero-order chi connectivity index (χ0) is 21.8. The first-order valence-corrected chi connectivity index (χ1v) is 9.94. The molecule has 162 valence electrons. The van der Waals surface area contributed by atoms with Crippen molar-refractivity contribution < 1.29 is 18.7 Å². The maximum Gasteiger partial charge on any atom is 0.338 e. The van der Waals surface area contributed by atoms with Gasteiger partial charge >= 0.3 is 12.0 Å². The summed E-state index contributed by atoms with van der Waals surface area (Å²) in [5.41, 5.74) is 1.39. The number of urea groups is 1. The molecule has 4 rings (SSSR count). The fraction of sp³-hybridized carbons (Fsp3) is 0.333. The van der Waals surface area contributed by atoms with Crippen LogP contribution in [0, 0.1) is 5.82 Å². The molecule has 2 aromatic rings. The monoisotopic (exact) mass is 426 g/mol. The SMILES string of the molecule is COC(=O)C1=C(CN2CCN(c3ncccn3)CC2)NC(=O)N[C@H]1c1ccc(F)cc1. The van der Waals surface area contributed by atoms with E-state index in [9.17, 15) is 14.0 Å². The molecule has 2 aliphatic rings. The second kappa shape index (κ2) is 9.09. The Balaban J connectivity index is 1.54. The fourth-order valence-electron chi connectivity index (χ4n) is 3.78. The van der Waals surface area contributed by atoms with Gasteiger partial charge in [-0.05, 0) is 23.8 Å². The summed E-state index contributed by atoms with van der Waals surface area (Å²) in [4.78, 5) is 37.8. The van der Waals surface area contributed by atoms with Crippen LogP contribution < -0.4 is 15.5 Å². The normalized spacial score (nSPS) is 19.6. The lowest BCUT2D eigenvalue weighted by atomic mass is 9.95. The minimum atomic E-state index is -0.726. The van der Waals surface area contributed by atoms with Crippen molar-refractivity contribution >= 4 is 17.9 Å². The number of aromatic nitrogens is 2. The minimum Gasteiger partial charge on any atom is -0.466 e. The molecule has 2 aliphatic heterocycles. The number of amides is 2. The van der Waals surface area contributed by atoms with Gasteiger partial charge in [0.2, 0.25) is 5.95 Å². The maximum absolute atomic E-state index is 13.4. The largest absolute Gasteiger partial charge is 0.466 e. The number of nitrogens with one attached hydrogen (secondary N) is 2. The Morgan fingerprint density at radius 3 is 2.48 bits per heavy atom. The Labute approximate surface area is 178 Å². The molecule has 3 heterocycles. The van der Waals surface area contributed by atoms with E-state index in [0.717, 1.165) is 13.1 Å². The third kappa shape index (κ3) is 4.64. The van der Waals surface area contributed by atoms with Crippen LogP contribution >= 0.6 is 0 Å². The molecule has 0 saturated carbocycles. The summed E-state index contributed by atoms with van der Waals surface area (Å²) in [7, 11) is 1.30. The molecule has 0 aliphatic carbocycles. The second-order valence-electron chi connectivity index (χ2n) is 7.28. The zero-order valence-electron chi connectivity index (χ0n) is 17.0. The molecule has 9 nitrogen and oxygen atoms in total. The predicted molar refractivity (Wildman–Crippen MR) is 111 cm³/mol. The van der Waals surface area contributed by atoms with Gasteiger partial charge < -0.3 is 20.3 Å². The molecule has 1 saturated heterocycles. The topological polar surface area (TPSA) is 99.7 Å². The first kappa shape index (κ1) is 20.7. The molecule has 0 bridgehead atoms. The number of piperazine rings is 1. The van der Waals surface area contributed by atoms with Crippen molar-refractivity contribution in [1.29, 1.82) is 0 Å². The molecular weight excluding hydrogens is 403 g/mol. The van der Waals surface area contributed by atoms with Crippen LogP contribution in [-0.2, 0) is 9.53 Å². The van der Waals surface area contributed by atoms with E-state index < -0.39 is 23.9 Å². The van der Waals surface area contributed by atoms with E-state index >= 15 is 0 Å². The molecule has 2 amide bonds. The number of hydrogen-bond donors (Lipinski definition) is 2. The number of benzene rings is 1. The number of halogens is 1. The van der Waals surface area contributed by atoms with Gasteiger partial charge in [0.25, 0.3) is 0 Å². The van der Waals surface area contributed by atoms with Crippen molar-refractivity contribution in [3.05, 3.63) is 65.4 Å². The molecule has 0 unspecified atom stereocenters. The highest BCUT2D eigenvalue weighted by Crippen LogP contribution is 2.28. The summed E-state index contributed by atoms with van der Waals surface area (Å²) in [6.07, 6.45) is 3.42. The molecule has 1 aromatic carbocycles. The third-order valence-electron chi connectivity index (χ3n) is 5.35. The van der Waals surface area contributed by atoms with Crippen molar-refractivity contribution in [3.8, 4) is 0 Å². The number of rotatable bonds is 5. The van der Waals surface area contributed by atoms with Crippen LogP contribution in [0.2, 0.25) is 0 Å². The maximum atomic E-state index is 13.4. The van der Waals surface area contributed by atoms with Crippen LogP contribution in [0.25, 0.3) is 0 Å². The first-order chi connectivity index (χ1) is 15.0. The van der Waals surface area contributed by atoms with Crippen LogP contribution in [0.5, 0.6) is 0 Å². The van der Waals surface area contributed by atoms with Crippen LogP contribution in [0.1, 0.15) is 11.6 Å². The number of ether oxygens (including phenoxy) is 1. The van der Waals surface area contributed by atoms with Crippen molar-refractivity contribution in [2.45, 2.75) is 6.04 Å².